The summed E-state index contributed by atoms with van der Waals surface area (Å²) >= 11 is 1.80. The molecule has 2 aliphatic heterocycles. The van der Waals surface area contributed by atoms with Crippen molar-refractivity contribution in [1.29, 1.82) is 0 Å². The number of hydrogen-bond donors (Lipinski definition) is 1. The minimum absolute atomic E-state index is 0.0887. The Morgan fingerprint density at radius 2 is 2.04 bits per heavy atom. The van der Waals surface area contributed by atoms with E-state index in [9.17, 15) is 9.59 Å². The molecule has 24 heavy (non-hydrogen) atoms. The van der Waals surface area contributed by atoms with E-state index in [2.05, 4.69) is 10.3 Å². The van der Waals surface area contributed by atoms with Crippen LogP contribution in [0.15, 0.2) is 5.38 Å². The molecule has 0 aromatic carbocycles. The van der Waals surface area contributed by atoms with E-state index in [1.54, 1.807) is 11.3 Å². The number of hydrogen-bond acceptors (Lipinski definition) is 5. The third-order valence-corrected chi connectivity index (χ3v) is 6.50. The first kappa shape index (κ1) is 16.0. The molecule has 1 atom stereocenters. The van der Waals surface area contributed by atoms with Gasteiger partial charge in [0.15, 0.2) is 0 Å². The summed E-state index contributed by atoms with van der Waals surface area (Å²) in [5.41, 5.74) is 6.54. The lowest BCUT2D eigenvalue weighted by Crippen LogP contribution is -2.45. The molecule has 3 aliphatic rings. The Balaban J connectivity index is 1.28. The van der Waals surface area contributed by atoms with Crippen LogP contribution in [0, 0.1) is 5.92 Å². The average Bonchev–Trinajstić information content (AvgIpc) is 3.19. The number of carbonyl (C=O) groups excluding carboxylic acids is 2. The molecule has 0 bridgehead atoms. The maximum Gasteiger partial charge on any atom is 0.223 e. The number of rotatable bonds is 5. The van der Waals surface area contributed by atoms with Gasteiger partial charge in [-0.15, -0.1) is 11.3 Å². The van der Waals surface area contributed by atoms with Crippen LogP contribution < -0.4 is 5.73 Å². The van der Waals surface area contributed by atoms with E-state index < -0.39 is 0 Å². The van der Waals surface area contributed by atoms with Crippen LogP contribution in [0.25, 0.3) is 0 Å². The van der Waals surface area contributed by atoms with Crippen LogP contribution in [0.4, 0.5) is 0 Å². The normalized spacial score (nSPS) is 26.2. The number of primary amides is 1. The molecule has 2 saturated heterocycles. The molecule has 6 nitrogen and oxygen atoms in total. The van der Waals surface area contributed by atoms with Crippen molar-refractivity contribution >= 4 is 23.2 Å². The first-order valence-electron chi connectivity index (χ1n) is 8.85. The van der Waals surface area contributed by atoms with E-state index in [0.29, 0.717) is 6.54 Å². The molecule has 1 saturated carbocycles. The number of amides is 2. The Hall–Kier alpha value is -1.47. The molecule has 1 aromatic rings. The number of nitrogens with two attached hydrogens (primary N) is 1. The van der Waals surface area contributed by atoms with Gasteiger partial charge in [0.25, 0.3) is 0 Å². The Morgan fingerprint density at radius 1 is 1.29 bits per heavy atom. The molecule has 130 valence electrons. The smallest absolute Gasteiger partial charge is 0.223 e. The predicted octanol–water partition coefficient (Wildman–Crippen LogP) is 1.32. The van der Waals surface area contributed by atoms with E-state index in [0.717, 1.165) is 38.4 Å². The van der Waals surface area contributed by atoms with Crippen molar-refractivity contribution < 1.29 is 9.59 Å². The summed E-state index contributed by atoms with van der Waals surface area (Å²) in [7, 11) is 0. The third-order valence-electron chi connectivity index (χ3n) is 5.44. The molecule has 0 radical (unpaired) electrons. The molecule has 2 amide bonds. The van der Waals surface area contributed by atoms with Crippen molar-refractivity contribution in [1.82, 2.24) is 14.8 Å². The average molecular weight is 348 g/mol. The fourth-order valence-electron chi connectivity index (χ4n) is 3.81. The highest BCUT2D eigenvalue weighted by molar-refractivity contribution is 7.09. The van der Waals surface area contributed by atoms with Crippen LogP contribution in [0.3, 0.4) is 0 Å². The molecule has 1 aromatic heterocycles. The minimum Gasteiger partial charge on any atom is -0.369 e. The lowest BCUT2D eigenvalue weighted by atomic mass is 10.0. The Labute approximate surface area is 146 Å². The Kier molecular flexibility index (Phi) is 4.30. The van der Waals surface area contributed by atoms with Crippen LogP contribution in [0.5, 0.6) is 0 Å². The predicted molar refractivity (Wildman–Crippen MR) is 91.4 cm³/mol. The van der Waals surface area contributed by atoms with Gasteiger partial charge in [0.05, 0.1) is 16.6 Å². The van der Waals surface area contributed by atoms with Gasteiger partial charge in [0.2, 0.25) is 11.8 Å². The number of aromatic nitrogens is 1. The molecule has 1 aliphatic carbocycles. The van der Waals surface area contributed by atoms with Crippen molar-refractivity contribution in [2.24, 2.45) is 11.7 Å². The van der Waals surface area contributed by atoms with Crippen LogP contribution in [0.2, 0.25) is 0 Å². The first-order valence-corrected chi connectivity index (χ1v) is 9.73. The maximum atomic E-state index is 12.1. The zero-order valence-electron chi connectivity index (χ0n) is 13.8. The first-order chi connectivity index (χ1) is 11.6. The van der Waals surface area contributed by atoms with Gasteiger partial charge < -0.3 is 10.6 Å². The van der Waals surface area contributed by atoms with E-state index in [-0.39, 0.29) is 30.2 Å². The van der Waals surface area contributed by atoms with E-state index >= 15 is 0 Å². The van der Waals surface area contributed by atoms with Gasteiger partial charge in [-0.2, -0.15) is 0 Å². The second kappa shape index (κ2) is 6.44. The largest absolute Gasteiger partial charge is 0.369 e. The second-order valence-electron chi connectivity index (χ2n) is 7.31. The molecule has 3 heterocycles. The SMILES string of the molecule is NC(=O)C1CC(=O)N(C2CCN(Cc3csc(C4CC4)n3)CC2)C1. The van der Waals surface area contributed by atoms with Gasteiger partial charge in [-0.3, -0.25) is 14.5 Å². The molecular weight excluding hydrogens is 324 g/mol. The molecule has 4 rings (SSSR count). The highest BCUT2D eigenvalue weighted by Gasteiger charge is 2.38. The molecule has 0 spiro atoms. The topological polar surface area (TPSA) is 79.5 Å². The molecule has 2 N–H and O–H groups in total. The van der Waals surface area contributed by atoms with Gasteiger partial charge in [-0.1, -0.05) is 0 Å². The zero-order chi connectivity index (χ0) is 16.7. The quantitative estimate of drug-likeness (QED) is 0.870. The van der Waals surface area contributed by atoms with Gasteiger partial charge in [0, 0.05) is 49.9 Å². The number of likely N-dealkylation sites (tertiary alicyclic amines) is 2. The van der Waals surface area contributed by atoms with E-state index in [1.165, 1.54) is 23.5 Å². The number of carbonyl (C=O) groups is 2. The van der Waals surface area contributed by atoms with Crippen molar-refractivity contribution in [2.45, 2.75) is 50.6 Å². The Morgan fingerprint density at radius 3 is 2.67 bits per heavy atom. The van der Waals surface area contributed by atoms with Crippen LogP contribution in [-0.4, -0.2) is 52.3 Å². The van der Waals surface area contributed by atoms with E-state index in [1.807, 2.05) is 4.90 Å². The summed E-state index contributed by atoms with van der Waals surface area (Å²) in [6.07, 6.45) is 4.83. The molecule has 7 heteroatoms. The lowest BCUT2D eigenvalue weighted by molar-refractivity contribution is -0.130. The summed E-state index contributed by atoms with van der Waals surface area (Å²) in [5.74, 6) is 0.171. The number of nitrogens with zero attached hydrogens (tertiary/aromatic N) is 3. The summed E-state index contributed by atoms with van der Waals surface area (Å²) < 4.78 is 0. The summed E-state index contributed by atoms with van der Waals surface area (Å²) in [6, 6.07) is 0.260. The Bertz CT molecular complexity index is 634. The van der Waals surface area contributed by atoms with Gasteiger partial charge in [-0.25, -0.2) is 4.98 Å². The number of thiazole rings is 1. The van der Waals surface area contributed by atoms with Crippen molar-refractivity contribution in [3.63, 3.8) is 0 Å². The third kappa shape index (κ3) is 3.32. The zero-order valence-corrected chi connectivity index (χ0v) is 14.6. The van der Waals surface area contributed by atoms with Crippen LogP contribution in [0.1, 0.15) is 48.7 Å². The fraction of sp³-hybridized carbons (Fsp3) is 0.706. The summed E-state index contributed by atoms with van der Waals surface area (Å²) in [4.78, 5) is 32.5. The van der Waals surface area contributed by atoms with Crippen molar-refractivity contribution in [2.75, 3.05) is 19.6 Å². The molecule has 3 fully saturated rings. The highest BCUT2D eigenvalue weighted by atomic mass is 32.1. The number of piperidine rings is 1. The standard InChI is InChI=1S/C17H24N4O2S/c18-16(23)12-7-15(22)21(8-12)14-3-5-20(6-4-14)9-13-10-24-17(19-13)11-1-2-11/h10-12,14H,1-9H2,(H2,18,23). The van der Waals surface area contributed by atoms with Crippen LogP contribution >= 0.6 is 11.3 Å². The minimum atomic E-state index is -0.349. The van der Waals surface area contributed by atoms with Gasteiger partial charge in [-0.05, 0) is 25.7 Å². The lowest BCUT2D eigenvalue weighted by Gasteiger charge is -2.36. The molecule has 1 unspecified atom stereocenters. The maximum absolute atomic E-state index is 12.1. The van der Waals surface area contributed by atoms with E-state index in [4.69, 9.17) is 10.7 Å². The van der Waals surface area contributed by atoms with Gasteiger partial charge in [0.1, 0.15) is 0 Å². The fourth-order valence-corrected chi connectivity index (χ4v) is 4.79. The summed E-state index contributed by atoms with van der Waals surface area (Å²) in [6.45, 7) is 3.38. The van der Waals surface area contributed by atoms with Gasteiger partial charge >= 0.3 is 0 Å². The highest BCUT2D eigenvalue weighted by Crippen LogP contribution is 2.41. The monoisotopic (exact) mass is 348 g/mol. The second-order valence-corrected chi connectivity index (χ2v) is 8.20. The van der Waals surface area contributed by atoms with Crippen LogP contribution in [-0.2, 0) is 16.1 Å². The van der Waals surface area contributed by atoms with Crippen molar-refractivity contribution in [3.05, 3.63) is 16.1 Å². The summed E-state index contributed by atoms with van der Waals surface area (Å²) in [5, 5.41) is 3.50. The molecular formula is C17H24N4O2S. The van der Waals surface area contributed by atoms with Crippen molar-refractivity contribution in [3.8, 4) is 0 Å².